The summed E-state index contributed by atoms with van der Waals surface area (Å²) in [5, 5.41) is 0. The molecule has 0 aromatic heterocycles. The van der Waals surface area contributed by atoms with E-state index in [4.69, 9.17) is 9.47 Å². The predicted molar refractivity (Wildman–Crippen MR) is 73.3 cm³/mol. The van der Waals surface area contributed by atoms with E-state index in [1.54, 1.807) is 0 Å². The van der Waals surface area contributed by atoms with E-state index < -0.39 is 0 Å². The molecule has 0 bridgehead atoms. The Labute approximate surface area is 110 Å². The average Bonchev–Trinajstić information content (AvgIpc) is 2.72. The number of hydrogen-bond acceptors (Lipinski definition) is 2. The summed E-state index contributed by atoms with van der Waals surface area (Å²) >= 11 is 2.49. The molecule has 0 aliphatic heterocycles. The molecule has 2 rings (SSSR count). The summed E-state index contributed by atoms with van der Waals surface area (Å²) < 4.78 is 12.1. The van der Waals surface area contributed by atoms with E-state index in [1.807, 2.05) is 30.3 Å². The van der Waals surface area contributed by atoms with Crippen molar-refractivity contribution in [3.05, 3.63) is 30.3 Å². The third kappa shape index (κ3) is 3.63. The molecule has 0 N–H and O–H groups in total. The molecule has 1 aliphatic rings. The van der Waals surface area contributed by atoms with Crippen LogP contribution in [0.2, 0.25) is 0 Å². The number of alkyl halides is 1. The molecule has 88 valence electrons. The van der Waals surface area contributed by atoms with Gasteiger partial charge in [0.2, 0.25) is 0 Å². The molecule has 1 aliphatic carbocycles. The van der Waals surface area contributed by atoms with Crippen molar-refractivity contribution in [2.75, 3.05) is 13.2 Å². The average molecular weight is 332 g/mol. The first-order chi connectivity index (χ1) is 7.86. The SMILES string of the molecule is IC1CCCC1OCCOc1ccccc1. The van der Waals surface area contributed by atoms with Gasteiger partial charge in [-0.1, -0.05) is 40.8 Å². The second-order valence-electron chi connectivity index (χ2n) is 4.02. The van der Waals surface area contributed by atoms with Gasteiger partial charge < -0.3 is 9.47 Å². The third-order valence-electron chi connectivity index (χ3n) is 2.80. The van der Waals surface area contributed by atoms with Gasteiger partial charge in [-0.3, -0.25) is 0 Å². The number of rotatable bonds is 5. The van der Waals surface area contributed by atoms with Gasteiger partial charge in [-0.2, -0.15) is 0 Å². The zero-order chi connectivity index (χ0) is 11.2. The highest BCUT2D eigenvalue weighted by molar-refractivity contribution is 14.1. The van der Waals surface area contributed by atoms with Crippen LogP contribution in [-0.4, -0.2) is 23.2 Å². The van der Waals surface area contributed by atoms with Crippen LogP contribution in [0.4, 0.5) is 0 Å². The van der Waals surface area contributed by atoms with Gasteiger partial charge >= 0.3 is 0 Å². The number of benzene rings is 1. The highest BCUT2D eigenvalue weighted by Crippen LogP contribution is 2.28. The van der Waals surface area contributed by atoms with Crippen LogP contribution >= 0.6 is 22.6 Å². The minimum atomic E-state index is 0.444. The first kappa shape index (κ1) is 12.2. The molecular weight excluding hydrogens is 315 g/mol. The van der Waals surface area contributed by atoms with Crippen molar-refractivity contribution in [1.29, 1.82) is 0 Å². The van der Waals surface area contributed by atoms with Crippen molar-refractivity contribution in [1.82, 2.24) is 0 Å². The van der Waals surface area contributed by atoms with Gasteiger partial charge in [0.05, 0.1) is 12.7 Å². The first-order valence-electron chi connectivity index (χ1n) is 5.80. The van der Waals surface area contributed by atoms with Crippen molar-refractivity contribution in [2.45, 2.75) is 29.3 Å². The van der Waals surface area contributed by atoms with Crippen molar-refractivity contribution in [3.63, 3.8) is 0 Å². The van der Waals surface area contributed by atoms with E-state index >= 15 is 0 Å². The van der Waals surface area contributed by atoms with Crippen molar-refractivity contribution in [2.24, 2.45) is 0 Å². The number of hydrogen-bond donors (Lipinski definition) is 0. The molecule has 1 fully saturated rings. The predicted octanol–water partition coefficient (Wildman–Crippen LogP) is 3.44. The molecule has 0 spiro atoms. The Kier molecular flexibility index (Phi) is 4.91. The summed E-state index contributed by atoms with van der Waals surface area (Å²) in [6.07, 6.45) is 4.25. The molecule has 0 radical (unpaired) electrons. The number of halogens is 1. The Morgan fingerprint density at radius 2 is 1.94 bits per heavy atom. The van der Waals surface area contributed by atoms with Crippen LogP contribution in [0, 0.1) is 0 Å². The summed E-state index contributed by atoms with van der Waals surface area (Å²) in [6, 6.07) is 9.89. The van der Waals surface area contributed by atoms with Gasteiger partial charge in [-0.15, -0.1) is 0 Å². The molecule has 1 aromatic carbocycles. The molecule has 0 amide bonds. The molecule has 2 unspecified atom stereocenters. The van der Waals surface area contributed by atoms with E-state index in [0.717, 1.165) is 5.75 Å². The normalized spacial score (nSPS) is 24.6. The monoisotopic (exact) mass is 332 g/mol. The minimum absolute atomic E-state index is 0.444. The van der Waals surface area contributed by atoms with Crippen molar-refractivity contribution in [3.8, 4) is 5.75 Å². The summed E-state index contributed by atoms with van der Waals surface area (Å²) in [7, 11) is 0. The smallest absolute Gasteiger partial charge is 0.119 e. The highest BCUT2D eigenvalue weighted by atomic mass is 127. The minimum Gasteiger partial charge on any atom is -0.491 e. The maximum atomic E-state index is 5.80. The zero-order valence-electron chi connectivity index (χ0n) is 9.27. The molecule has 2 nitrogen and oxygen atoms in total. The molecule has 3 heteroatoms. The van der Waals surface area contributed by atoms with E-state index in [1.165, 1.54) is 19.3 Å². The molecular formula is C13H17IO2. The van der Waals surface area contributed by atoms with Crippen LogP contribution in [0.25, 0.3) is 0 Å². The lowest BCUT2D eigenvalue weighted by molar-refractivity contribution is 0.0431. The van der Waals surface area contributed by atoms with Crippen LogP contribution in [0.1, 0.15) is 19.3 Å². The standard InChI is InChI=1S/C13H17IO2/c14-12-7-4-8-13(12)16-10-9-15-11-5-2-1-3-6-11/h1-3,5-6,12-13H,4,7-10H2. The quantitative estimate of drug-likeness (QED) is 0.467. The fraction of sp³-hybridized carbons (Fsp3) is 0.538. The number of para-hydroxylation sites is 1. The zero-order valence-corrected chi connectivity index (χ0v) is 11.4. The largest absolute Gasteiger partial charge is 0.491 e. The van der Waals surface area contributed by atoms with Gasteiger partial charge in [0.15, 0.2) is 0 Å². The lowest BCUT2D eigenvalue weighted by Gasteiger charge is -2.15. The first-order valence-corrected chi connectivity index (χ1v) is 7.04. The fourth-order valence-corrected chi connectivity index (χ4v) is 2.95. The third-order valence-corrected chi connectivity index (χ3v) is 4.22. The maximum Gasteiger partial charge on any atom is 0.119 e. The Bertz CT molecular complexity index is 302. The fourth-order valence-electron chi connectivity index (χ4n) is 1.94. The van der Waals surface area contributed by atoms with Crippen LogP contribution in [0.3, 0.4) is 0 Å². The summed E-state index contributed by atoms with van der Waals surface area (Å²) in [5.74, 6) is 0.920. The Morgan fingerprint density at radius 1 is 1.12 bits per heavy atom. The summed E-state index contributed by atoms with van der Waals surface area (Å²) in [4.78, 5) is 0. The van der Waals surface area contributed by atoms with Gasteiger partial charge in [0, 0.05) is 3.92 Å². The lowest BCUT2D eigenvalue weighted by atomic mass is 10.3. The summed E-state index contributed by atoms with van der Waals surface area (Å²) in [6.45, 7) is 1.34. The van der Waals surface area contributed by atoms with Crippen LogP contribution < -0.4 is 4.74 Å². The molecule has 16 heavy (non-hydrogen) atoms. The van der Waals surface area contributed by atoms with Gasteiger partial charge in [0.1, 0.15) is 12.4 Å². The topological polar surface area (TPSA) is 18.5 Å². The molecule has 0 heterocycles. The van der Waals surface area contributed by atoms with Crippen LogP contribution in [0.5, 0.6) is 5.75 Å². The van der Waals surface area contributed by atoms with Crippen LogP contribution in [0.15, 0.2) is 30.3 Å². The van der Waals surface area contributed by atoms with E-state index in [2.05, 4.69) is 22.6 Å². The van der Waals surface area contributed by atoms with Gasteiger partial charge in [-0.05, 0) is 31.4 Å². The molecule has 2 atom stereocenters. The van der Waals surface area contributed by atoms with E-state index in [-0.39, 0.29) is 0 Å². The highest BCUT2D eigenvalue weighted by Gasteiger charge is 2.24. The maximum absolute atomic E-state index is 5.80. The van der Waals surface area contributed by atoms with E-state index in [0.29, 0.717) is 23.2 Å². The van der Waals surface area contributed by atoms with E-state index in [9.17, 15) is 0 Å². The number of ether oxygens (including phenoxy) is 2. The molecule has 1 aromatic rings. The Balaban J connectivity index is 1.62. The van der Waals surface area contributed by atoms with Crippen LogP contribution in [-0.2, 0) is 4.74 Å². The molecule has 1 saturated carbocycles. The Hall–Kier alpha value is -0.290. The Morgan fingerprint density at radius 3 is 2.62 bits per heavy atom. The molecule has 0 saturated heterocycles. The van der Waals surface area contributed by atoms with Gasteiger partial charge in [-0.25, -0.2) is 0 Å². The van der Waals surface area contributed by atoms with Crippen molar-refractivity contribution >= 4 is 22.6 Å². The van der Waals surface area contributed by atoms with Crippen molar-refractivity contribution < 1.29 is 9.47 Å². The lowest BCUT2D eigenvalue weighted by Crippen LogP contribution is -2.20. The second-order valence-corrected chi connectivity index (χ2v) is 5.62. The summed E-state index contributed by atoms with van der Waals surface area (Å²) in [5.41, 5.74) is 0. The van der Waals surface area contributed by atoms with Gasteiger partial charge in [0.25, 0.3) is 0 Å². The second kappa shape index (κ2) is 6.45.